The third-order valence-electron chi connectivity index (χ3n) is 3.13. The Morgan fingerprint density at radius 1 is 1.35 bits per heavy atom. The summed E-state index contributed by atoms with van der Waals surface area (Å²) < 4.78 is 1.22. The van der Waals surface area contributed by atoms with Crippen LogP contribution in [0.25, 0.3) is 10.2 Å². The fourth-order valence-electron chi connectivity index (χ4n) is 1.91. The molecule has 0 bridgehead atoms. The Balaban J connectivity index is 1.44. The van der Waals surface area contributed by atoms with Gasteiger partial charge in [0, 0.05) is 26.2 Å². The summed E-state index contributed by atoms with van der Waals surface area (Å²) in [6.45, 7) is 1.65. The van der Waals surface area contributed by atoms with E-state index in [0.29, 0.717) is 6.04 Å². The van der Waals surface area contributed by atoms with Gasteiger partial charge in [-0.1, -0.05) is 23.5 Å². The highest BCUT2D eigenvalue weighted by atomic mass is 32.1. The van der Waals surface area contributed by atoms with Crippen molar-refractivity contribution < 1.29 is 0 Å². The SMILES string of the molecule is CN=C(NCCNc1nc2ccccc2s1)NC1CC1. The number of aliphatic imine (C=N–C) groups is 1. The van der Waals surface area contributed by atoms with Gasteiger partial charge in [-0.3, -0.25) is 4.99 Å². The molecule has 1 aliphatic rings. The van der Waals surface area contributed by atoms with Crippen molar-refractivity contribution in [3.05, 3.63) is 24.3 Å². The van der Waals surface area contributed by atoms with Crippen LogP contribution in [0.4, 0.5) is 5.13 Å². The fraction of sp³-hybridized carbons (Fsp3) is 0.429. The van der Waals surface area contributed by atoms with Gasteiger partial charge < -0.3 is 16.0 Å². The minimum absolute atomic E-state index is 0.624. The van der Waals surface area contributed by atoms with E-state index < -0.39 is 0 Å². The molecule has 1 aliphatic carbocycles. The minimum atomic E-state index is 0.624. The monoisotopic (exact) mass is 289 g/mol. The Kier molecular flexibility index (Phi) is 4.01. The van der Waals surface area contributed by atoms with Crippen LogP contribution in [0.2, 0.25) is 0 Å². The highest BCUT2D eigenvalue weighted by Gasteiger charge is 2.21. The van der Waals surface area contributed by atoms with Crippen molar-refractivity contribution in [3.8, 4) is 0 Å². The van der Waals surface area contributed by atoms with E-state index in [-0.39, 0.29) is 0 Å². The van der Waals surface area contributed by atoms with Crippen LogP contribution in [0.5, 0.6) is 0 Å². The Labute approximate surface area is 122 Å². The summed E-state index contributed by atoms with van der Waals surface area (Å²) in [5, 5.41) is 11.0. The zero-order valence-corrected chi connectivity index (χ0v) is 12.3. The summed E-state index contributed by atoms with van der Waals surface area (Å²) in [6.07, 6.45) is 2.51. The Bertz CT molecular complexity index is 569. The number of fused-ring (bicyclic) bond motifs is 1. The molecular weight excluding hydrogens is 270 g/mol. The fourth-order valence-corrected chi connectivity index (χ4v) is 2.81. The lowest BCUT2D eigenvalue weighted by Gasteiger charge is -2.10. The van der Waals surface area contributed by atoms with Gasteiger partial charge in [0.05, 0.1) is 10.2 Å². The number of guanidine groups is 1. The Morgan fingerprint density at radius 2 is 2.20 bits per heavy atom. The first-order valence-corrected chi connectivity index (χ1v) is 7.73. The van der Waals surface area contributed by atoms with Crippen molar-refractivity contribution in [2.75, 3.05) is 25.5 Å². The van der Waals surface area contributed by atoms with Gasteiger partial charge in [-0.25, -0.2) is 4.98 Å². The van der Waals surface area contributed by atoms with Gasteiger partial charge in [-0.05, 0) is 25.0 Å². The normalized spacial score (nSPS) is 15.3. The standard InChI is InChI=1S/C14H19N5S/c1-15-13(18-10-6-7-10)16-8-9-17-14-19-11-4-2-3-5-12(11)20-14/h2-5,10H,6-9H2,1H3,(H,17,19)(H2,15,16,18). The maximum Gasteiger partial charge on any atom is 0.191 e. The van der Waals surface area contributed by atoms with E-state index in [1.165, 1.54) is 17.5 Å². The molecular formula is C14H19N5S. The molecule has 0 spiro atoms. The highest BCUT2D eigenvalue weighted by Crippen LogP contribution is 2.24. The summed E-state index contributed by atoms with van der Waals surface area (Å²) in [5.74, 6) is 0.888. The summed E-state index contributed by atoms with van der Waals surface area (Å²) in [4.78, 5) is 8.74. The third kappa shape index (κ3) is 3.39. The smallest absolute Gasteiger partial charge is 0.191 e. The predicted octanol–water partition coefficient (Wildman–Crippen LogP) is 2.04. The van der Waals surface area contributed by atoms with Gasteiger partial charge in [0.1, 0.15) is 0 Å². The van der Waals surface area contributed by atoms with Gasteiger partial charge in [0.15, 0.2) is 11.1 Å². The van der Waals surface area contributed by atoms with E-state index >= 15 is 0 Å². The van der Waals surface area contributed by atoms with E-state index in [0.717, 1.165) is 29.7 Å². The largest absolute Gasteiger partial charge is 0.360 e. The Hall–Kier alpha value is -1.82. The summed E-state index contributed by atoms with van der Waals surface area (Å²) in [5.41, 5.74) is 1.05. The zero-order chi connectivity index (χ0) is 13.8. The van der Waals surface area contributed by atoms with Crippen LogP contribution in [0.1, 0.15) is 12.8 Å². The van der Waals surface area contributed by atoms with Crippen molar-refractivity contribution in [2.24, 2.45) is 4.99 Å². The van der Waals surface area contributed by atoms with Crippen LogP contribution in [0.15, 0.2) is 29.3 Å². The number of nitrogens with one attached hydrogen (secondary N) is 3. The van der Waals surface area contributed by atoms with Crippen LogP contribution >= 0.6 is 11.3 Å². The van der Waals surface area contributed by atoms with Crippen molar-refractivity contribution in [3.63, 3.8) is 0 Å². The molecule has 0 unspecified atom stereocenters. The van der Waals surface area contributed by atoms with Crippen molar-refractivity contribution in [1.82, 2.24) is 15.6 Å². The molecule has 1 aromatic heterocycles. The van der Waals surface area contributed by atoms with Gasteiger partial charge in [0.2, 0.25) is 0 Å². The minimum Gasteiger partial charge on any atom is -0.360 e. The lowest BCUT2D eigenvalue weighted by molar-refractivity contribution is 0.809. The molecule has 3 N–H and O–H groups in total. The number of hydrogen-bond donors (Lipinski definition) is 3. The lowest BCUT2D eigenvalue weighted by Crippen LogP contribution is -2.40. The molecule has 1 saturated carbocycles. The second kappa shape index (κ2) is 6.09. The highest BCUT2D eigenvalue weighted by molar-refractivity contribution is 7.22. The maximum atomic E-state index is 4.54. The molecule has 0 atom stereocenters. The number of aromatic nitrogens is 1. The van der Waals surface area contributed by atoms with Crippen molar-refractivity contribution in [1.29, 1.82) is 0 Å². The molecule has 2 aromatic rings. The van der Waals surface area contributed by atoms with Gasteiger partial charge in [-0.2, -0.15) is 0 Å². The van der Waals surface area contributed by atoms with E-state index in [2.05, 4.69) is 32.0 Å². The number of hydrogen-bond acceptors (Lipinski definition) is 4. The maximum absolute atomic E-state index is 4.54. The topological polar surface area (TPSA) is 61.3 Å². The summed E-state index contributed by atoms with van der Waals surface area (Å²) >= 11 is 1.69. The van der Waals surface area contributed by atoms with Gasteiger partial charge in [0.25, 0.3) is 0 Å². The molecule has 1 fully saturated rings. The zero-order valence-electron chi connectivity index (χ0n) is 11.5. The first kappa shape index (κ1) is 13.2. The first-order valence-electron chi connectivity index (χ1n) is 6.92. The number of benzene rings is 1. The van der Waals surface area contributed by atoms with E-state index in [9.17, 15) is 0 Å². The molecule has 1 aromatic carbocycles. The average Bonchev–Trinajstić information content (AvgIpc) is 3.19. The molecule has 106 valence electrons. The van der Waals surface area contributed by atoms with Crippen LogP contribution in [-0.2, 0) is 0 Å². The molecule has 0 amide bonds. The van der Waals surface area contributed by atoms with Crippen molar-refractivity contribution in [2.45, 2.75) is 18.9 Å². The van der Waals surface area contributed by atoms with Crippen molar-refractivity contribution >= 4 is 32.6 Å². The molecule has 20 heavy (non-hydrogen) atoms. The number of anilines is 1. The molecule has 0 aliphatic heterocycles. The van der Waals surface area contributed by atoms with Gasteiger partial charge >= 0.3 is 0 Å². The molecule has 0 radical (unpaired) electrons. The lowest BCUT2D eigenvalue weighted by atomic mass is 10.3. The van der Waals surface area contributed by atoms with Crippen LogP contribution in [0, 0.1) is 0 Å². The van der Waals surface area contributed by atoms with E-state index in [4.69, 9.17) is 0 Å². The summed E-state index contributed by atoms with van der Waals surface area (Å²) in [6, 6.07) is 8.81. The number of thiazole rings is 1. The first-order chi connectivity index (χ1) is 9.85. The second-order valence-electron chi connectivity index (χ2n) is 4.83. The number of para-hydroxylation sites is 1. The Morgan fingerprint density at radius 3 is 2.95 bits per heavy atom. The number of rotatable bonds is 5. The van der Waals surface area contributed by atoms with Crippen LogP contribution in [-0.4, -0.2) is 37.1 Å². The molecule has 0 saturated heterocycles. The van der Waals surface area contributed by atoms with Crippen LogP contribution < -0.4 is 16.0 Å². The second-order valence-corrected chi connectivity index (χ2v) is 5.86. The van der Waals surface area contributed by atoms with E-state index in [1.54, 1.807) is 18.4 Å². The van der Waals surface area contributed by atoms with Crippen LogP contribution in [0.3, 0.4) is 0 Å². The molecule has 6 heteroatoms. The third-order valence-corrected chi connectivity index (χ3v) is 4.12. The van der Waals surface area contributed by atoms with E-state index in [1.807, 2.05) is 18.2 Å². The average molecular weight is 289 g/mol. The molecule has 1 heterocycles. The van der Waals surface area contributed by atoms with Gasteiger partial charge in [-0.15, -0.1) is 0 Å². The number of nitrogens with zero attached hydrogens (tertiary/aromatic N) is 2. The predicted molar refractivity (Wildman–Crippen MR) is 85.6 cm³/mol. The quantitative estimate of drug-likeness (QED) is 0.448. The molecule has 5 nitrogen and oxygen atoms in total. The summed E-state index contributed by atoms with van der Waals surface area (Å²) in [7, 11) is 1.80. The molecule has 3 rings (SSSR count).